The molecule has 0 bridgehead atoms. The number of fused-ring (bicyclic) bond motifs is 1. The van der Waals surface area contributed by atoms with Crippen LogP contribution in [-0.4, -0.2) is 56.3 Å². The van der Waals surface area contributed by atoms with E-state index in [1.165, 1.54) is 0 Å². The zero-order valence-electron chi connectivity index (χ0n) is 17.3. The molecule has 1 fully saturated rings. The van der Waals surface area contributed by atoms with E-state index in [-0.39, 0.29) is 18.1 Å². The smallest absolute Gasteiger partial charge is 0.260 e. The van der Waals surface area contributed by atoms with Crippen LogP contribution in [0.5, 0.6) is 17.2 Å². The largest absolute Gasteiger partial charge is 0.495 e. The van der Waals surface area contributed by atoms with Gasteiger partial charge in [-0.05, 0) is 32.0 Å². The number of carbonyl (C=O) groups is 1. The lowest BCUT2D eigenvalue weighted by molar-refractivity contribution is -0.133. The first-order chi connectivity index (χ1) is 14.0. The summed E-state index contributed by atoms with van der Waals surface area (Å²) in [5.41, 5.74) is 1.96. The van der Waals surface area contributed by atoms with Crippen molar-refractivity contribution < 1.29 is 19.0 Å². The van der Waals surface area contributed by atoms with E-state index < -0.39 is 0 Å². The minimum absolute atomic E-state index is 0.000429. The van der Waals surface area contributed by atoms with Crippen molar-refractivity contribution in [1.82, 2.24) is 4.90 Å². The summed E-state index contributed by atoms with van der Waals surface area (Å²) < 4.78 is 17.3. The summed E-state index contributed by atoms with van der Waals surface area (Å²) in [5.74, 6) is 2.27. The molecule has 2 heterocycles. The molecular formula is C23H28N2O4. The summed E-state index contributed by atoms with van der Waals surface area (Å²) in [5, 5.41) is 0. The van der Waals surface area contributed by atoms with Crippen molar-refractivity contribution in [3.05, 3.63) is 48.0 Å². The molecular weight excluding hydrogens is 368 g/mol. The number of para-hydroxylation sites is 3. The molecule has 1 amide bonds. The number of nitrogens with zero attached hydrogens (tertiary/aromatic N) is 2. The quantitative estimate of drug-likeness (QED) is 0.777. The van der Waals surface area contributed by atoms with Crippen molar-refractivity contribution in [2.24, 2.45) is 0 Å². The van der Waals surface area contributed by atoms with Crippen molar-refractivity contribution >= 4 is 11.6 Å². The average molecular weight is 396 g/mol. The Bertz CT molecular complexity index is 888. The van der Waals surface area contributed by atoms with Crippen LogP contribution in [0.25, 0.3) is 0 Å². The van der Waals surface area contributed by atoms with Crippen LogP contribution in [0.15, 0.2) is 42.5 Å². The molecule has 2 aromatic rings. The van der Waals surface area contributed by atoms with Gasteiger partial charge in [0, 0.05) is 38.2 Å². The average Bonchev–Trinajstić information content (AvgIpc) is 3.06. The van der Waals surface area contributed by atoms with Crippen LogP contribution in [0.3, 0.4) is 0 Å². The van der Waals surface area contributed by atoms with E-state index in [0.29, 0.717) is 18.8 Å². The number of hydrogen-bond donors (Lipinski definition) is 0. The van der Waals surface area contributed by atoms with Crippen molar-refractivity contribution in [2.45, 2.75) is 25.9 Å². The standard InChI is InChI=1S/C23H28N2O4/c1-23(2)15-17-7-6-10-20(22(17)29-23)28-16-21(26)25-13-11-24(12-14-25)18-8-4-5-9-19(18)27-3/h4-10H,11-16H2,1-3H3. The van der Waals surface area contributed by atoms with Gasteiger partial charge in [0.25, 0.3) is 5.91 Å². The third-order valence-corrected chi connectivity index (χ3v) is 5.46. The van der Waals surface area contributed by atoms with Crippen molar-refractivity contribution in [1.29, 1.82) is 0 Å². The molecule has 0 N–H and O–H groups in total. The van der Waals surface area contributed by atoms with Crippen molar-refractivity contribution in [2.75, 3.05) is 44.8 Å². The molecule has 1 saturated heterocycles. The Hall–Kier alpha value is -2.89. The summed E-state index contributed by atoms with van der Waals surface area (Å²) in [7, 11) is 1.68. The lowest BCUT2D eigenvalue weighted by atomic mass is 10.0. The SMILES string of the molecule is COc1ccccc1N1CCN(C(=O)COc2cccc3c2OC(C)(C)C3)CC1. The van der Waals surface area contributed by atoms with Crippen molar-refractivity contribution in [3.63, 3.8) is 0 Å². The van der Waals surface area contributed by atoms with E-state index in [1.54, 1.807) is 7.11 Å². The maximum Gasteiger partial charge on any atom is 0.260 e. The molecule has 0 aliphatic carbocycles. The Kier molecular flexibility index (Phi) is 5.26. The highest BCUT2D eigenvalue weighted by Gasteiger charge is 2.32. The summed E-state index contributed by atoms with van der Waals surface area (Å²) in [6, 6.07) is 13.9. The van der Waals surface area contributed by atoms with Crippen LogP contribution in [0.1, 0.15) is 19.4 Å². The first kappa shape index (κ1) is 19.4. The van der Waals surface area contributed by atoms with Crippen LogP contribution in [0.2, 0.25) is 0 Å². The summed E-state index contributed by atoms with van der Waals surface area (Å²) >= 11 is 0. The molecule has 0 atom stereocenters. The molecule has 0 unspecified atom stereocenters. The fraction of sp³-hybridized carbons (Fsp3) is 0.435. The minimum atomic E-state index is -0.235. The Balaban J connectivity index is 1.33. The van der Waals surface area contributed by atoms with Gasteiger partial charge < -0.3 is 24.0 Å². The van der Waals surface area contributed by atoms with E-state index in [1.807, 2.05) is 35.2 Å². The lowest BCUT2D eigenvalue weighted by Gasteiger charge is -2.36. The van der Waals surface area contributed by atoms with Crippen LogP contribution < -0.4 is 19.1 Å². The zero-order valence-corrected chi connectivity index (χ0v) is 17.3. The third-order valence-electron chi connectivity index (χ3n) is 5.46. The van der Waals surface area contributed by atoms with E-state index in [9.17, 15) is 4.79 Å². The second-order valence-electron chi connectivity index (χ2n) is 8.11. The van der Waals surface area contributed by atoms with Crippen LogP contribution in [0, 0.1) is 0 Å². The highest BCUT2D eigenvalue weighted by atomic mass is 16.5. The number of methoxy groups -OCH3 is 1. The first-order valence-corrected chi connectivity index (χ1v) is 10.1. The number of amides is 1. The number of rotatable bonds is 5. The van der Waals surface area contributed by atoms with Crippen LogP contribution in [-0.2, 0) is 11.2 Å². The number of benzene rings is 2. The summed E-state index contributed by atoms with van der Waals surface area (Å²) in [4.78, 5) is 16.8. The zero-order chi connectivity index (χ0) is 20.4. The number of carbonyl (C=O) groups excluding carboxylic acids is 1. The first-order valence-electron chi connectivity index (χ1n) is 10.1. The highest BCUT2D eigenvalue weighted by Crippen LogP contribution is 2.41. The normalized spacial score (nSPS) is 17.5. The number of piperazine rings is 1. The molecule has 2 aromatic carbocycles. The molecule has 0 saturated carbocycles. The van der Waals surface area contributed by atoms with Gasteiger partial charge in [-0.3, -0.25) is 4.79 Å². The maximum absolute atomic E-state index is 12.7. The number of hydrogen-bond acceptors (Lipinski definition) is 5. The van der Waals surface area contributed by atoms with Gasteiger partial charge in [0.05, 0.1) is 12.8 Å². The predicted molar refractivity (Wildman–Crippen MR) is 112 cm³/mol. The Morgan fingerprint density at radius 2 is 1.76 bits per heavy atom. The Morgan fingerprint density at radius 1 is 1.03 bits per heavy atom. The molecule has 0 radical (unpaired) electrons. The summed E-state index contributed by atoms with van der Waals surface area (Å²) in [6.45, 7) is 7.00. The van der Waals surface area contributed by atoms with Gasteiger partial charge in [-0.15, -0.1) is 0 Å². The van der Waals surface area contributed by atoms with Crippen LogP contribution >= 0.6 is 0 Å². The van der Waals surface area contributed by atoms with E-state index in [4.69, 9.17) is 14.2 Å². The Labute approximate surface area is 172 Å². The molecule has 29 heavy (non-hydrogen) atoms. The third kappa shape index (κ3) is 4.11. The van der Waals surface area contributed by atoms with Crippen LogP contribution in [0.4, 0.5) is 5.69 Å². The Morgan fingerprint density at radius 3 is 2.52 bits per heavy atom. The van der Waals surface area contributed by atoms with Gasteiger partial charge in [0.2, 0.25) is 0 Å². The van der Waals surface area contributed by atoms with Crippen molar-refractivity contribution in [3.8, 4) is 17.2 Å². The van der Waals surface area contributed by atoms with Gasteiger partial charge in [-0.2, -0.15) is 0 Å². The topological polar surface area (TPSA) is 51.2 Å². The molecule has 6 heteroatoms. The lowest BCUT2D eigenvalue weighted by Crippen LogP contribution is -2.50. The maximum atomic E-state index is 12.7. The monoisotopic (exact) mass is 396 g/mol. The summed E-state index contributed by atoms with van der Waals surface area (Å²) in [6.07, 6.45) is 0.846. The molecule has 154 valence electrons. The highest BCUT2D eigenvalue weighted by molar-refractivity contribution is 5.78. The van der Waals surface area contributed by atoms with E-state index >= 15 is 0 Å². The van der Waals surface area contributed by atoms with Gasteiger partial charge in [-0.1, -0.05) is 24.3 Å². The van der Waals surface area contributed by atoms with E-state index in [2.05, 4.69) is 30.9 Å². The molecule has 0 spiro atoms. The molecule has 2 aliphatic rings. The van der Waals surface area contributed by atoms with E-state index in [0.717, 1.165) is 42.3 Å². The number of ether oxygens (including phenoxy) is 3. The van der Waals surface area contributed by atoms with Gasteiger partial charge in [-0.25, -0.2) is 0 Å². The van der Waals surface area contributed by atoms with Gasteiger partial charge >= 0.3 is 0 Å². The molecule has 0 aromatic heterocycles. The fourth-order valence-electron chi connectivity index (χ4n) is 4.02. The van der Waals surface area contributed by atoms with Gasteiger partial charge in [0.15, 0.2) is 18.1 Å². The second-order valence-corrected chi connectivity index (χ2v) is 8.11. The second kappa shape index (κ2) is 7.85. The molecule has 2 aliphatic heterocycles. The predicted octanol–water partition coefficient (Wildman–Crippen LogP) is 3.14. The van der Waals surface area contributed by atoms with Gasteiger partial charge in [0.1, 0.15) is 11.4 Å². The fourth-order valence-corrected chi connectivity index (χ4v) is 4.02. The minimum Gasteiger partial charge on any atom is -0.495 e. The number of anilines is 1. The molecule has 4 rings (SSSR count). The molecule has 6 nitrogen and oxygen atoms in total.